The van der Waals surface area contributed by atoms with E-state index in [1.54, 1.807) is 16.8 Å². The Morgan fingerprint density at radius 3 is 2.65 bits per heavy atom. The second-order valence-corrected chi connectivity index (χ2v) is 6.02. The number of carbonyl (C=O) groups is 1. The van der Waals surface area contributed by atoms with Gasteiger partial charge in [-0.25, -0.2) is 4.98 Å². The highest BCUT2D eigenvalue weighted by atomic mass is 16.1. The van der Waals surface area contributed by atoms with Crippen LogP contribution in [0.2, 0.25) is 0 Å². The molecule has 0 bridgehead atoms. The second kappa shape index (κ2) is 7.90. The Hall–Kier alpha value is -3.03. The summed E-state index contributed by atoms with van der Waals surface area (Å²) in [4.78, 5) is 18.5. The largest absolute Gasteiger partial charge is 0.356 e. The summed E-state index contributed by atoms with van der Waals surface area (Å²) in [6, 6.07) is 7.54. The van der Waals surface area contributed by atoms with Crippen LogP contribution in [0.5, 0.6) is 0 Å². The molecule has 0 unspecified atom stereocenters. The minimum Gasteiger partial charge on any atom is -0.356 e. The van der Waals surface area contributed by atoms with Crippen LogP contribution in [-0.2, 0) is 11.2 Å². The highest BCUT2D eigenvalue weighted by Crippen LogP contribution is 2.13. The Morgan fingerprint density at radius 2 is 1.96 bits per heavy atom. The van der Waals surface area contributed by atoms with Crippen molar-refractivity contribution in [3.63, 3.8) is 0 Å². The first kappa shape index (κ1) is 17.8. The van der Waals surface area contributed by atoms with E-state index >= 15 is 0 Å². The fraction of sp³-hybridized carbons (Fsp3) is 0.389. The van der Waals surface area contributed by atoms with Crippen molar-refractivity contribution < 1.29 is 4.79 Å². The molecule has 3 rings (SSSR count). The van der Waals surface area contributed by atoms with E-state index in [1.807, 2.05) is 25.1 Å². The molecule has 0 radical (unpaired) electrons. The van der Waals surface area contributed by atoms with Crippen LogP contribution in [0, 0.1) is 6.92 Å². The van der Waals surface area contributed by atoms with Crippen molar-refractivity contribution in [1.29, 1.82) is 0 Å². The number of nitrogens with one attached hydrogen (secondary N) is 1. The molecule has 0 aliphatic carbocycles. The Balaban J connectivity index is 1.69. The molecular weight excluding hydrogens is 330 g/mol. The van der Waals surface area contributed by atoms with E-state index in [2.05, 4.69) is 44.3 Å². The number of carbonyl (C=O) groups excluding carboxylic acids is 1. The van der Waals surface area contributed by atoms with Gasteiger partial charge in [-0.3, -0.25) is 4.79 Å². The normalized spacial score (nSPS) is 10.9. The van der Waals surface area contributed by atoms with E-state index in [1.165, 1.54) is 0 Å². The van der Waals surface area contributed by atoms with Crippen molar-refractivity contribution in [2.75, 3.05) is 23.3 Å². The van der Waals surface area contributed by atoms with Crippen LogP contribution in [0.3, 0.4) is 0 Å². The number of aromatic nitrogens is 5. The van der Waals surface area contributed by atoms with Crippen LogP contribution in [0.25, 0.3) is 5.65 Å². The van der Waals surface area contributed by atoms with E-state index in [4.69, 9.17) is 0 Å². The van der Waals surface area contributed by atoms with Gasteiger partial charge in [0.1, 0.15) is 11.6 Å². The summed E-state index contributed by atoms with van der Waals surface area (Å²) in [6.45, 7) is 7.88. The molecule has 0 fully saturated rings. The summed E-state index contributed by atoms with van der Waals surface area (Å²) in [7, 11) is 0. The fourth-order valence-corrected chi connectivity index (χ4v) is 2.67. The van der Waals surface area contributed by atoms with Gasteiger partial charge in [0, 0.05) is 32.1 Å². The molecule has 0 spiro atoms. The molecule has 3 aromatic heterocycles. The summed E-state index contributed by atoms with van der Waals surface area (Å²) < 4.78 is 1.71. The van der Waals surface area contributed by atoms with Gasteiger partial charge < -0.3 is 10.2 Å². The first-order valence-electron chi connectivity index (χ1n) is 8.79. The predicted octanol–water partition coefficient (Wildman–Crippen LogP) is 2.25. The molecule has 1 N–H and O–H groups in total. The third-order valence-electron chi connectivity index (χ3n) is 4.16. The van der Waals surface area contributed by atoms with Gasteiger partial charge >= 0.3 is 0 Å². The van der Waals surface area contributed by atoms with E-state index in [0.29, 0.717) is 23.7 Å². The van der Waals surface area contributed by atoms with Crippen LogP contribution in [-0.4, -0.2) is 43.8 Å². The van der Waals surface area contributed by atoms with Crippen molar-refractivity contribution in [2.24, 2.45) is 0 Å². The van der Waals surface area contributed by atoms with Crippen LogP contribution in [0.15, 0.2) is 30.5 Å². The van der Waals surface area contributed by atoms with Gasteiger partial charge in [-0.15, -0.1) is 15.3 Å². The topological polar surface area (TPSA) is 88.3 Å². The second-order valence-electron chi connectivity index (χ2n) is 6.02. The van der Waals surface area contributed by atoms with Crippen LogP contribution in [0.1, 0.15) is 31.7 Å². The third-order valence-corrected chi connectivity index (χ3v) is 4.16. The molecule has 0 aromatic carbocycles. The summed E-state index contributed by atoms with van der Waals surface area (Å²) in [5.74, 6) is 1.98. The van der Waals surface area contributed by atoms with Crippen molar-refractivity contribution in [1.82, 2.24) is 24.8 Å². The summed E-state index contributed by atoms with van der Waals surface area (Å²) in [5, 5.41) is 15.7. The number of hydrogen-bond acceptors (Lipinski definition) is 6. The quantitative estimate of drug-likeness (QED) is 0.701. The van der Waals surface area contributed by atoms with Gasteiger partial charge in [0.05, 0.1) is 0 Å². The Kier molecular flexibility index (Phi) is 5.40. The molecule has 3 heterocycles. The average molecular weight is 353 g/mol. The highest BCUT2D eigenvalue weighted by molar-refractivity contribution is 5.89. The molecule has 0 atom stereocenters. The minimum atomic E-state index is -0.113. The van der Waals surface area contributed by atoms with Crippen molar-refractivity contribution in [2.45, 2.75) is 33.6 Å². The van der Waals surface area contributed by atoms with E-state index in [0.717, 1.165) is 24.5 Å². The first-order valence-corrected chi connectivity index (χ1v) is 8.79. The third kappa shape index (κ3) is 3.96. The maximum Gasteiger partial charge on any atom is 0.225 e. The van der Waals surface area contributed by atoms with Crippen molar-refractivity contribution >= 4 is 23.2 Å². The smallest absolute Gasteiger partial charge is 0.225 e. The lowest BCUT2D eigenvalue weighted by molar-refractivity contribution is -0.116. The van der Waals surface area contributed by atoms with Crippen molar-refractivity contribution in [3.8, 4) is 0 Å². The molecule has 0 aliphatic heterocycles. The standard InChI is InChI=1S/C18H23N7O/c1-4-24(5-2)17-9-8-15-21-22-16(25(15)23-17)10-11-18(26)20-14-7-6-13(3)12-19-14/h6-9,12H,4-5,10-11H2,1-3H3,(H,19,20,26). The van der Waals surface area contributed by atoms with Gasteiger partial charge in [-0.2, -0.15) is 4.52 Å². The highest BCUT2D eigenvalue weighted by Gasteiger charge is 2.12. The number of nitrogens with zero attached hydrogens (tertiary/aromatic N) is 6. The number of pyridine rings is 1. The number of rotatable bonds is 7. The number of amides is 1. The number of fused-ring (bicyclic) bond motifs is 1. The van der Waals surface area contributed by atoms with E-state index in [9.17, 15) is 4.79 Å². The Labute approximate surface area is 152 Å². The summed E-state index contributed by atoms with van der Waals surface area (Å²) in [5.41, 5.74) is 1.73. The molecule has 136 valence electrons. The average Bonchev–Trinajstić information content (AvgIpc) is 3.05. The summed E-state index contributed by atoms with van der Waals surface area (Å²) in [6.07, 6.45) is 2.46. The van der Waals surface area contributed by atoms with Gasteiger partial charge in [-0.05, 0) is 44.5 Å². The van der Waals surface area contributed by atoms with E-state index in [-0.39, 0.29) is 12.3 Å². The van der Waals surface area contributed by atoms with Crippen LogP contribution < -0.4 is 10.2 Å². The Morgan fingerprint density at radius 1 is 1.15 bits per heavy atom. The lowest BCUT2D eigenvalue weighted by Crippen LogP contribution is -2.23. The molecule has 8 heteroatoms. The minimum absolute atomic E-state index is 0.113. The molecule has 3 aromatic rings. The number of anilines is 2. The zero-order chi connectivity index (χ0) is 18.5. The van der Waals surface area contributed by atoms with E-state index < -0.39 is 0 Å². The zero-order valence-corrected chi connectivity index (χ0v) is 15.3. The molecular formula is C18H23N7O. The number of hydrogen-bond donors (Lipinski definition) is 1. The van der Waals surface area contributed by atoms with Gasteiger partial charge in [0.15, 0.2) is 11.5 Å². The Bertz CT molecular complexity index is 884. The van der Waals surface area contributed by atoms with Gasteiger partial charge in [0.25, 0.3) is 0 Å². The molecule has 0 aliphatic rings. The summed E-state index contributed by atoms with van der Waals surface area (Å²) >= 11 is 0. The molecule has 26 heavy (non-hydrogen) atoms. The molecule has 1 amide bonds. The SMILES string of the molecule is CCN(CC)c1ccc2nnc(CCC(=O)Nc3ccc(C)cn3)n2n1. The molecule has 8 nitrogen and oxygen atoms in total. The maximum absolute atomic E-state index is 12.2. The maximum atomic E-state index is 12.2. The van der Waals surface area contributed by atoms with Crippen LogP contribution in [0.4, 0.5) is 11.6 Å². The predicted molar refractivity (Wildman–Crippen MR) is 100 cm³/mol. The monoisotopic (exact) mass is 353 g/mol. The first-order chi connectivity index (χ1) is 12.6. The zero-order valence-electron chi connectivity index (χ0n) is 15.3. The lowest BCUT2D eigenvalue weighted by atomic mass is 10.2. The fourth-order valence-electron chi connectivity index (χ4n) is 2.67. The van der Waals surface area contributed by atoms with Gasteiger partial charge in [0.2, 0.25) is 5.91 Å². The lowest BCUT2D eigenvalue weighted by Gasteiger charge is -2.19. The number of aryl methyl sites for hydroxylation is 2. The van der Waals surface area contributed by atoms with Crippen molar-refractivity contribution in [3.05, 3.63) is 41.9 Å². The van der Waals surface area contributed by atoms with Crippen LogP contribution >= 0.6 is 0 Å². The molecule has 0 saturated carbocycles. The molecule has 0 saturated heterocycles. The van der Waals surface area contributed by atoms with Gasteiger partial charge in [-0.1, -0.05) is 6.07 Å².